The number of benzene rings is 1. The number of amides is 1. The van der Waals surface area contributed by atoms with Crippen LogP contribution in [0.2, 0.25) is 0 Å². The van der Waals surface area contributed by atoms with Crippen molar-refractivity contribution in [2.45, 2.75) is 12.5 Å². The molecule has 0 aromatic heterocycles. The van der Waals surface area contributed by atoms with Gasteiger partial charge in [-0.25, -0.2) is 8.78 Å². The summed E-state index contributed by atoms with van der Waals surface area (Å²) in [6, 6.07) is 1.01. The predicted octanol–water partition coefficient (Wildman–Crippen LogP) is 0.971. The number of β-amino-alcohol motifs (C(OH)–C–C–N with tert-alkyl or cyclic N) is 1. The van der Waals surface area contributed by atoms with E-state index in [9.17, 15) is 28.8 Å². The zero-order valence-corrected chi connectivity index (χ0v) is 8.97. The Morgan fingerprint density at radius 2 is 2.00 bits per heavy atom. The van der Waals surface area contributed by atoms with Gasteiger partial charge in [0.1, 0.15) is 5.69 Å². The van der Waals surface area contributed by atoms with Gasteiger partial charge in [0.15, 0.2) is 11.6 Å². The normalized spacial score (nSPS) is 19.4. The second-order valence-electron chi connectivity index (χ2n) is 3.87. The highest BCUT2D eigenvalue weighted by molar-refractivity contribution is 5.98. The molecule has 18 heavy (non-hydrogen) atoms. The Morgan fingerprint density at radius 3 is 2.50 bits per heavy atom. The maximum atomic E-state index is 13.1. The molecule has 0 radical (unpaired) electrons. The first-order valence-corrected chi connectivity index (χ1v) is 5.02. The summed E-state index contributed by atoms with van der Waals surface area (Å²) >= 11 is 0. The summed E-state index contributed by atoms with van der Waals surface area (Å²) in [5.41, 5.74) is -1.06. The topological polar surface area (TPSA) is 83.7 Å². The van der Waals surface area contributed by atoms with Crippen LogP contribution in [0, 0.1) is 21.7 Å². The molecule has 0 aliphatic carbocycles. The molecule has 1 N–H and O–H groups in total. The summed E-state index contributed by atoms with van der Waals surface area (Å²) in [5, 5.41) is 20.0. The number of rotatable bonds is 2. The van der Waals surface area contributed by atoms with E-state index in [4.69, 9.17) is 0 Å². The summed E-state index contributed by atoms with van der Waals surface area (Å²) in [6.07, 6.45) is -1.17. The fraction of sp³-hybridized carbons (Fsp3) is 0.300. The van der Waals surface area contributed by atoms with Crippen LogP contribution in [0.4, 0.5) is 20.2 Å². The molecule has 96 valence electrons. The van der Waals surface area contributed by atoms with Crippen molar-refractivity contribution in [3.05, 3.63) is 33.9 Å². The van der Waals surface area contributed by atoms with E-state index in [-0.39, 0.29) is 18.7 Å². The second-order valence-corrected chi connectivity index (χ2v) is 3.87. The third-order valence-corrected chi connectivity index (χ3v) is 2.61. The number of nitrogens with zero attached hydrogens (tertiary/aromatic N) is 2. The van der Waals surface area contributed by atoms with Crippen LogP contribution in [0.5, 0.6) is 0 Å². The van der Waals surface area contributed by atoms with E-state index in [0.717, 1.165) is 4.90 Å². The molecule has 1 amide bonds. The molecule has 1 aliphatic heterocycles. The van der Waals surface area contributed by atoms with Crippen molar-refractivity contribution < 1.29 is 23.6 Å². The molecule has 0 bridgehead atoms. The summed E-state index contributed by atoms with van der Waals surface area (Å²) in [4.78, 5) is 22.2. The molecule has 2 rings (SSSR count). The average Bonchev–Trinajstić information content (AvgIpc) is 2.61. The number of carbonyl (C=O) groups excluding carboxylic acids is 1. The molecular formula is C10H8F2N2O4. The van der Waals surface area contributed by atoms with Gasteiger partial charge in [0.25, 0.3) is 5.69 Å². The van der Waals surface area contributed by atoms with Crippen LogP contribution in [0.3, 0.4) is 0 Å². The second kappa shape index (κ2) is 4.30. The highest BCUT2D eigenvalue weighted by Crippen LogP contribution is 2.33. The van der Waals surface area contributed by atoms with E-state index < -0.39 is 34.3 Å². The van der Waals surface area contributed by atoms with Crippen molar-refractivity contribution in [1.82, 2.24) is 0 Å². The van der Waals surface area contributed by atoms with Crippen molar-refractivity contribution in [1.29, 1.82) is 0 Å². The Labute approximate surface area is 99.6 Å². The third-order valence-electron chi connectivity index (χ3n) is 2.61. The Hall–Kier alpha value is -2.09. The minimum absolute atomic E-state index is 0.176. The smallest absolute Gasteiger partial charge is 0.296 e. The molecule has 0 saturated carbocycles. The van der Waals surface area contributed by atoms with Crippen LogP contribution in [-0.2, 0) is 4.79 Å². The quantitative estimate of drug-likeness (QED) is 0.632. The SMILES string of the molecule is O=C1CC(O)CN1c1cc(F)c(F)cc1[N+](=O)[O-]. The Morgan fingerprint density at radius 1 is 1.39 bits per heavy atom. The van der Waals surface area contributed by atoms with Gasteiger partial charge in [-0.05, 0) is 0 Å². The number of nitro benzene ring substituents is 1. The van der Waals surface area contributed by atoms with Crippen LogP contribution in [0.25, 0.3) is 0 Å². The van der Waals surface area contributed by atoms with E-state index >= 15 is 0 Å². The highest BCUT2D eigenvalue weighted by atomic mass is 19.2. The lowest BCUT2D eigenvalue weighted by atomic mass is 10.2. The summed E-state index contributed by atoms with van der Waals surface area (Å²) < 4.78 is 26.1. The minimum Gasteiger partial charge on any atom is -0.391 e. The first-order chi connectivity index (χ1) is 8.40. The van der Waals surface area contributed by atoms with Gasteiger partial charge in [-0.2, -0.15) is 0 Å². The molecule has 1 unspecified atom stereocenters. The maximum Gasteiger partial charge on any atom is 0.296 e. The van der Waals surface area contributed by atoms with E-state index in [1.165, 1.54) is 0 Å². The van der Waals surface area contributed by atoms with Gasteiger partial charge in [0.2, 0.25) is 5.91 Å². The lowest BCUT2D eigenvalue weighted by molar-refractivity contribution is -0.384. The highest BCUT2D eigenvalue weighted by Gasteiger charge is 2.34. The van der Waals surface area contributed by atoms with Crippen molar-refractivity contribution in [2.24, 2.45) is 0 Å². The monoisotopic (exact) mass is 258 g/mol. The maximum absolute atomic E-state index is 13.1. The van der Waals surface area contributed by atoms with Crippen molar-refractivity contribution in [3.8, 4) is 0 Å². The van der Waals surface area contributed by atoms with Crippen LogP contribution in [0.15, 0.2) is 12.1 Å². The van der Waals surface area contributed by atoms with Crippen LogP contribution >= 0.6 is 0 Å². The van der Waals surface area contributed by atoms with Crippen molar-refractivity contribution in [2.75, 3.05) is 11.4 Å². The molecule has 6 nitrogen and oxygen atoms in total. The molecule has 8 heteroatoms. The van der Waals surface area contributed by atoms with E-state index in [1.54, 1.807) is 0 Å². The van der Waals surface area contributed by atoms with Crippen LogP contribution in [-0.4, -0.2) is 28.6 Å². The van der Waals surface area contributed by atoms with Crippen LogP contribution < -0.4 is 4.90 Å². The fourth-order valence-corrected chi connectivity index (χ4v) is 1.81. The number of carbonyl (C=O) groups is 1. The molecule has 1 heterocycles. The number of nitro groups is 1. The van der Waals surface area contributed by atoms with Gasteiger partial charge in [-0.15, -0.1) is 0 Å². The lowest BCUT2D eigenvalue weighted by Gasteiger charge is -2.15. The minimum atomic E-state index is -1.36. The van der Waals surface area contributed by atoms with E-state index in [1.807, 2.05) is 0 Å². The molecule has 1 atom stereocenters. The van der Waals surface area contributed by atoms with E-state index in [0.29, 0.717) is 12.1 Å². The number of aliphatic hydroxyl groups is 1. The first kappa shape index (κ1) is 12.4. The van der Waals surface area contributed by atoms with Gasteiger partial charge in [-0.3, -0.25) is 14.9 Å². The van der Waals surface area contributed by atoms with E-state index in [2.05, 4.69) is 0 Å². The van der Waals surface area contributed by atoms with Gasteiger partial charge in [0.05, 0.1) is 30.1 Å². The van der Waals surface area contributed by atoms with Gasteiger partial charge in [-0.1, -0.05) is 0 Å². The molecule has 0 spiro atoms. The Bertz CT molecular complexity index is 535. The Kier molecular flexibility index (Phi) is 2.95. The van der Waals surface area contributed by atoms with Crippen molar-refractivity contribution >= 4 is 17.3 Å². The first-order valence-electron chi connectivity index (χ1n) is 5.02. The molecule has 1 saturated heterocycles. The molecule has 1 aliphatic rings. The standard InChI is InChI=1S/C10H8F2N2O4/c11-6-2-8(9(14(17)18)3-7(6)12)13-4-5(15)1-10(13)16/h2-3,5,15H,1,4H2. The van der Waals surface area contributed by atoms with Gasteiger partial charge in [0, 0.05) is 6.07 Å². The summed E-state index contributed by atoms with van der Waals surface area (Å²) in [6.45, 7) is -0.176. The van der Waals surface area contributed by atoms with Crippen LogP contribution in [0.1, 0.15) is 6.42 Å². The Balaban J connectivity index is 2.52. The zero-order valence-electron chi connectivity index (χ0n) is 8.97. The predicted molar refractivity (Wildman–Crippen MR) is 56.0 cm³/mol. The number of hydrogen-bond donors (Lipinski definition) is 1. The number of halogens is 2. The molecule has 1 aromatic rings. The number of anilines is 1. The largest absolute Gasteiger partial charge is 0.391 e. The zero-order chi connectivity index (χ0) is 13.4. The summed E-state index contributed by atoms with van der Waals surface area (Å²) in [7, 11) is 0. The van der Waals surface area contributed by atoms with Gasteiger partial charge >= 0.3 is 0 Å². The molecule has 1 fully saturated rings. The molecular weight excluding hydrogens is 250 g/mol. The third kappa shape index (κ3) is 2.02. The fourth-order valence-electron chi connectivity index (χ4n) is 1.81. The summed E-state index contributed by atoms with van der Waals surface area (Å²) in [5.74, 6) is -3.22. The number of hydrogen-bond acceptors (Lipinski definition) is 4. The number of aliphatic hydroxyl groups excluding tert-OH is 1. The van der Waals surface area contributed by atoms with Crippen molar-refractivity contribution in [3.63, 3.8) is 0 Å². The van der Waals surface area contributed by atoms with Gasteiger partial charge < -0.3 is 10.0 Å². The molecule has 1 aromatic carbocycles. The average molecular weight is 258 g/mol. The lowest BCUT2D eigenvalue weighted by Crippen LogP contribution is -2.26.